The first-order valence-corrected chi connectivity index (χ1v) is 24.0. The highest BCUT2D eigenvalue weighted by molar-refractivity contribution is 8.13. The number of phenols is 1. The zero-order chi connectivity index (χ0) is 48.2. The van der Waals surface area contributed by atoms with Crippen LogP contribution in [0.3, 0.4) is 0 Å². The van der Waals surface area contributed by atoms with Gasteiger partial charge in [-0.2, -0.15) is 0 Å². The highest BCUT2D eigenvalue weighted by Crippen LogP contribution is 2.46. The first-order chi connectivity index (χ1) is 32.1. The van der Waals surface area contributed by atoms with Crippen LogP contribution >= 0.6 is 23.5 Å². The van der Waals surface area contributed by atoms with Crippen molar-refractivity contribution in [2.75, 3.05) is 32.8 Å². The molecule has 0 saturated carbocycles. The largest absolute Gasteiger partial charge is 0.508 e. The molecule has 7 rings (SSSR count). The molecule has 2 aromatic heterocycles. The Hall–Kier alpha value is -5.03. The number of urea groups is 1. The molecule has 2 saturated heterocycles. The summed E-state index contributed by atoms with van der Waals surface area (Å²) in [7, 11) is 2.97. The van der Waals surface area contributed by atoms with Crippen molar-refractivity contribution in [1.29, 1.82) is 0 Å². The van der Waals surface area contributed by atoms with Gasteiger partial charge in [-0.15, -0.1) is 11.8 Å². The number of nitrogens with zero attached hydrogens (tertiary/aromatic N) is 1. The number of amides is 2. The van der Waals surface area contributed by atoms with E-state index in [1.165, 1.54) is 38.4 Å². The van der Waals surface area contributed by atoms with E-state index in [9.17, 15) is 29.7 Å². The van der Waals surface area contributed by atoms with E-state index in [1.54, 1.807) is 44.6 Å². The van der Waals surface area contributed by atoms with Crippen molar-refractivity contribution in [2.24, 2.45) is 5.92 Å². The quantitative estimate of drug-likeness (QED) is 0.0736. The number of fused-ring (bicyclic) bond motifs is 4. The molecule has 2 aliphatic carbocycles. The number of aliphatic hydroxyl groups is 2. The lowest BCUT2D eigenvalue weighted by Gasteiger charge is -2.51. The van der Waals surface area contributed by atoms with E-state index in [2.05, 4.69) is 49.6 Å². The SMILES string of the molecule is CNC(=O)NC1=C2C#C/C=C\C#C[C@H](OC3OC(C)C(SC)(C(=O)c4nccc5c4[nH]c4ccc(O)cc45)C(O)C3OC3CC(OC)C(NC(C)C)CO3)C2/C(=C\CSC(C)=O)[C@@H](O)CC1=O. The van der Waals surface area contributed by atoms with E-state index in [1.807, 2.05) is 13.8 Å². The van der Waals surface area contributed by atoms with Crippen LogP contribution in [0.2, 0.25) is 0 Å². The van der Waals surface area contributed by atoms with Gasteiger partial charge < -0.3 is 59.9 Å². The highest BCUT2D eigenvalue weighted by atomic mass is 32.2. The Labute approximate surface area is 396 Å². The molecule has 11 atom stereocenters. The van der Waals surface area contributed by atoms with E-state index in [0.717, 1.165) is 23.5 Å². The van der Waals surface area contributed by atoms with Crippen LogP contribution < -0.4 is 16.0 Å². The molecule has 2 amide bonds. The number of Topliss-reactive ketones (excluding diaryl/α,β-unsaturated/α-hetero) is 2. The van der Waals surface area contributed by atoms with Gasteiger partial charge in [0, 0.05) is 73.8 Å². The smallest absolute Gasteiger partial charge is 0.319 e. The Kier molecular flexibility index (Phi) is 16.0. The molecule has 67 heavy (non-hydrogen) atoms. The molecule has 0 radical (unpaired) electrons. The van der Waals surface area contributed by atoms with Crippen LogP contribution in [-0.4, -0.2) is 147 Å². The second-order valence-electron chi connectivity index (χ2n) is 16.7. The van der Waals surface area contributed by atoms with Gasteiger partial charge in [0.2, 0.25) is 5.78 Å². The van der Waals surface area contributed by atoms with Gasteiger partial charge in [-0.1, -0.05) is 55.4 Å². The number of aromatic amines is 1. The molecule has 4 heterocycles. The van der Waals surface area contributed by atoms with E-state index < -0.39 is 77.8 Å². The maximum absolute atomic E-state index is 15.3. The summed E-state index contributed by atoms with van der Waals surface area (Å²) in [5.41, 5.74) is 1.17. The molecule has 356 valence electrons. The number of thioether (sulfide) groups is 2. The third kappa shape index (κ3) is 10.4. The standard InChI is InChI=1S/C48H55N5O12S2/c1-24(2)51-33-23-62-38(22-37(33)61-6)65-43-45(59)48(66-7,44(58)42-41-28(16-18-50-42)31-20-27(55)14-15-32(31)52-41)25(3)63-46(43)64-36-13-11-9-8-10-12-30-39(36)29(17-19-67-26(4)54)34(56)21-35(57)40(30)53-47(60)49-5/h8-9,14-18,20,24-25,33-34,36-39,43,45-46,51-52,55-56,59H,19,21-23H2,1-7H3,(H2,49,53,60)/b9-8-,29-17-/t25?,33?,34-,36-,37?,38?,39?,43?,45?,46?,48?/m0/s1. The average molecular weight is 958 g/mol. The van der Waals surface area contributed by atoms with Gasteiger partial charge in [-0.05, 0) is 55.2 Å². The fourth-order valence-electron chi connectivity index (χ4n) is 9.03. The molecule has 19 heteroatoms. The van der Waals surface area contributed by atoms with Crippen molar-refractivity contribution >= 4 is 68.0 Å². The number of aliphatic hydroxyl groups excluding tert-OH is 2. The number of aromatic nitrogens is 2. The summed E-state index contributed by atoms with van der Waals surface area (Å²) in [6.07, 6.45) is -2.52. The molecule has 7 N–H and O–H groups in total. The zero-order valence-electron chi connectivity index (χ0n) is 38.1. The topological polar surface area (TPSA) is 240 Å². The van der Waals surface area contributed by atoms with Gasteiger partial charge in [-0.3, -0.25) is 19.4 Å². The van der Waals surface area contributed by atoms with Crippen LogP contribution in [0, 0.1) is 29.6 Å². The third-order valence-corrected chi connectivity index (χ3v) is 14.4. The lowest BCUT2D eigenvalue weighted by Crippen LogP contribution is -2.69. The molecule has 4 aliphatic rings. The van der Waals surface area contributed by atoms with Crippen molar-refractivity contribution in [3.05, 3.63) is 71.2 Å². The Morgan fingerprint density at radius 2 is 1.91 bits per heavy atom. The summed E-state index contributed by atoms with van der Waals surface area (Å²) in [5, 5.41) is 44.7. The fourth-order valence-corrected chi connectivity index (χ4v) is 10.6. The number of pyridine rings is 1. The average Bonchev–Trinajstić information content (AvgIpc) is 3.67. The van der Waals surface area contributed by atoms with Crippen LogP contribution in [0.1, 0.15) is 51.0 Å². The number of phenolic OH excluding ortho intramolecular Hbond substituents is 1. The Morgan fingerprint density at radius 1 is 1.13 bits per heavy atom. The molecule has 2 fully saturated rings. The molecule has 0 bridgehead atoms. The van der Waals surface area contributed by atoms with E-state index in [0.29, 0.717) is 21.8 Å². The van der Waals surface area contributed by atoms with Crippen LogP contribution in [0.15, 0.2) is 65.5 Å². The molecule has 0 spiro atoms. The van der Waals surface area contributed by atoms with Gasteiger partial charge >= 0.3 is 6.03 Å². The number of allylic oxidation sites excluding steroid dienone is 3. The number of H-pyrrole nitrogens is 1. The molecule has 17 nitrogen and oxygen atoms in total. The number of ether oxygens (including phenoxy) is 5. The highest BCUT2D eigenvalue weighted by Gasteiger charge is 2.61. The summed E-state index contributed by atoms with van der Waals surface area (Å²) in [4.78, 5) is 62.0. The lowest BCUT2D eigenvalue weighted by atomic mass is 9.82. The van der Waals surface area contributed by atoms with Crippen LogP contribution in [0.4, 0.5) is 4.79 Å². The Balaban J connectivity index is 1.35. The molecule has 9 unspecified atom stereocenters. The Bertz CT molecular complexity index is 2630. The minimum Gasteiger partial charge on any atom is -0.508 e. The number of nitrogens with one attached hydrogen (secondary N) is 4. The fraction of sp³-hybridized carbons (Fsp3) is 0.479. The predicted octanol–water partition coefficient (Wildman–Crippen LogP) is 3.63. The van der Waals surface area contributed by atoms with Crippen molar-refractivity contribution in [2.45, 2.75) is 107 Å². The van der Waals surface area contributed by atoms with Crippen molar-refractivity contribution in [3.63, 3.8) is 0 Å². The summed E-state index contributed by atoms with van der Waals surface area (Å²) in [5.74, 6) is 9.67. The minimum absolute atomic E-state index is 0.0138. The predicted molar refractivity (Wildman–Crippen MR) is 253 cm³/mol. The summed E-state index contributed by atoms with van der Waals surface area (Å²) in [6, 6.07) is 5.75. The van der Waals surface area contributed by atoms with Gasteiger partial charge in [0.1, 0.15) is 34.5 Å². The molecule has 2 aliphatic heterocycles. The van der Waals surface area contributed by atoms with E-state index in [-0.39, 0.29) is 70.4 Å². The van der Waals surface area contributed by atoms with Gasteiger partial charge in [0.25, 0.3) is 0 Å². The first-order valence-electron chi connectivity index (χ1n) is 21.8. The maximum atomic E-state index is 15.3. The normalized spacial score (nSPS) is 30.8. The maximum Gasteiger partial charge on any atom is 0.319 e. The molecular formula is C48H55N5O12S2. The molecule has 3 aromatic rings. The number of ketones is 2. The number of carbonyl (C=O) groups excluding carboxylic acids is 4. The molecular weight excluding hydrogens is 903 g/mol. The summed E-state index contributed by atoms with van der Waals surface area (Å²) in [6.45, 7) is 7.23. The zero-order valence-corrected chi connectivity index (χ0v) is 39.7. The lowest BCUT2D eigenvalue weighted by molar-refractivity contribution is -0.326. The van der Waals surface area contributed by atoms with Gasteiger partial charge in [-0.25, -0.2) is 4.79 Å². The van der Waals surface area contributed by atoms with Crippen molar-refractivity contribution < 1.29 is 58.2 Å². The van der Waals surface area contributed by atoms with Crippen molar-refractivity contribution in [3.8, 4) is 29.4 Å². The summed E-state index contributed by atoms with van der Waals surface area (Å²) < 4.78 is 30.8. The molecule has 1 aromatic carbocycles. The summed E-state index contributed by atoms with van der Waals surface area (Å²) >= 11 is 2.04. The van der Waals surface area contributed by atoms with Crippen molar-refractivity contribution in [1.82, 2.24) is 25.9 Å². The van der Waals surface area contributed by atoms with E-state index in [4.69, 9.17) is 23.7 Å². The third-order valence-electron chi connectivity index (χ3n) is 12.2. The van der Waals surface area contributed by atoms with Crippen LogP contribution in [0.25, 0.3) is 21.8 Å². The van der Waals surface area contributed by atoms with Crippen LogP contribution in [0.5, 0.6) is 5.75 Å². The number of aromatic hydroxyl groups is 1. The number of methoxy groups -OCH3 is 1. The number of hydrogen-bond donors (Lipinski definition) is 7. The number of carbonyl (C=O) groups is 4. The van der Waals surface area contributed by atoms with Gasteiger partial charge in [0.15, 0.2) is 23.5 Å². The van der Waals surface area contributed by atoms with Gasteiger partial charge in [0.05, 0.1) is 48.1 Å². The Morgan fingerprint density at radius 3 is 2.63 bits per heavy atom. The number of rotatable bonds is 13. The monoisotopic (exact) mass is 957 g/mol. The number of hydrogen-bond acceptors (Lipinski definition) is 16. The number of benzene rings is 1. The second-order valence-corrected chi connectivity index (χ2v) is 19.0. The minimum atomic E-state index is -1.80. The van der Waals surface area contributed by atoms with E-state index >= 15 is 4.79 Å². The van der Waals surface area contributed by atoms with Crippen LogP contribution in [-0.2, 0) is 33.3 Å². The first kappa shape index (κ1) is 49.9. The second kappa shape index (κ2) is 21.5.